The molecule has 3 rings (SSSR count). The van der Waals surface area contributed by atoms with Crippen molar-refractivity contribution >= 4 is 6.09 Å². The molecule has 0 saturated carbocycles. The molecule has 0 saturated heterocycles. The molecule has 1 atom stereocenters. The highest BCUT2D eigenvalue weighted by molar-refractivity contribution is 5.68. The molecule has 0 aromatic heterocycles. The van der Waals surface area contributed by atoms with Crippen molar-refractivity contribution in [1.82, 2.24) is 5.32 Å². The molecule has 2 aromatic carbocycles. The highest BCUT2D eigenvalue weighted by Crippen LogP contribution is 2.44. The molecule has 0 spiro atoms. The van der Waals surface area contributed by atoms with Gasteiger partial charge in [0.2, 0.25) is 0 Å². The first-order valence-corrected chi connectivity index (χ1v) is 9.25. The molecule has 2 aromatic rings. The fraction of sp³-hybridized carbons (Fsp3) is 0.409. The van der Waals surface area contributed by atoms with E-state index in [1.54, 1.807) is 7.11 Å². The maximum atomic E-state index is 11.3. The summed E-state index contributed by atoms with van der Waals surface area (Å²) >= 11 is 0. The topological polar surface area (TPSA) is 67.8 Å². The number of benzene rings is 2. The molecule has 0 aliphatic heterocycles. The maximum absolute atomic E-state index is 11.3. The second-order valence-corrected chi connectivity index (χ2v) is 7.65. The third-order valence-corrected chi connectivity index (χ3v) is 5.29. The van der Waals surface area contributed by atoms with Crippen LogP contribution in [0.1, 0.15) is 37.4 Å². The minimum Gasteiger partial charge on any atom is -0.491 e. The largest absolute Gasteiger partial charge is 0.491 e. The van der Waals surface area contributed by atoms with E-state index in [1.807, 2.05) is 24.3 Å². The van der Waals surface area contributed by atoms with Crippen molar-refractivity contribution in [2.24, 2.45) is 5.41 Å². The Morgan fingerprint density at radius 1 is 1.15 bits per heavy atom. The smallest absolute Gasteiger partial charge is 0.405 e. The number of hydrogen-bond acceptors (Lipinski definition) is 3. The van der Waals surface area contributed by atoms with Gasteiger partial charge in [-0.25, -0.2) is 4.79 Å². The van der Waals surface area contributed by atoms with E-state index in [-0.39, 0.29) is 11.5 Å². The number of fused-ring (bicyclic) bond motifs is 1. The lowest BCUT2D eigenvalue weighted by atomic mass is 9.70. The van der Waals surface area contributed by atoms with Gasteiger partial charge >= 0.3 is 6.09 Å². The number of carboxylic acid groups (broad SMARTS) is 1. The van der Waals surface area contributed by atoms with Crippen molar-refractivity contribution in [2.45, 2.75) is 32.7 Å². The molecular weight excluding hydrogens is 342 g/mol. The van der Waals surface area contributed by atoms with Crippen LogP contribution in [0.5, 0.6) is 5.75 Å². The second-order valence-electron chi connectivity index (χ2n) is 7.65. The predicted octanol–water partition coefficient (Wildman–Crippen LogP) is 4.66. The lowest BCUT2D eigenvalue weighted by Gasteiger charge is -2.40. The van der Waals surface area contributed by atoms with Gasteiger partial charge in [-0.15, -0.1) is 0 Å². The summed E-state index contributed by atoms with van der Waals surface area (Å²) in [4.78, 5) is 11.3. The summed E-state index contributed by atoms with van der Waals surface area (Å²) < 4.78 is 10.6. The molecule has 1 aliphatic carbocycles. The molecule has 0 unspecified atom stereocenters. The molecule has 1 amide bonds. The van der Waals surface area contributed by atoms with Crippen LogP contribution in [-0.2, 0) is 11.2 Å². The van der Waals surface area contributed by atoms with Gasteiger partial charge in [0, 0.05) is 7.11 Å². The third kappa shape index (κ3) is 4.42. The number of carbonyl (C=O) groups is 1. The van der Waals surface area contributed by atoms with E-state index in [0.29, 0.717) is 13.2 Å². The summed E-state index contributed by atoms with van der Waals surface area (Å²) in [7, 11) is 1.65. The summed E-state index contributed by atoms with van der Waals surface area (Å²) in [5.41, 5.74) is 4.33. The Morgan fingerprint density at radius 3 is 2.52 bits per heavy atom. The van der Waals surface area contributed by atoms with Gasteiger partial charge in [-0.05, 0) is 58.7 Å². The van der Waals surface area contributed by atoms with E-state index >= 15 is 0 Å². The maximum Gasteiger partial charge on any atom is 0.405 e. The fourth-order valence-electron chi connectivity index (χ4n) is 3.68. The summed E-state index contributed by atoms with van der Waals surface area (Å²) in [6, 6.07) is 14.1. The number of methoxy groups -OCH3 is 1. The average Bonchev–Trinajstić information content (AvgIpc) is 2.64. The van der Waals surface area contributed by atoms with Crippen LogP contribution in [0.25, 0.3) is 11.1 Å². The van der Waals surface area contributed by atoms with Crippen LogP contribution < -0.4 is 10.1 Å². The minimum atomic E-state index is -0.983. The van der Waals surface area contributed by atoms with Gasteiger partial charge in [-0.3, -0.25) is 0 Å². The van der Waals surface area contributed by atoms with Gasteiger partial charge in [0.05, 0.1) is 12.6 Å². The number of ether oxygens (including phenoxy) is 2. The van der Waals surface area contributed by atoms with Crippen LogP contribution in [-0.4, -0.2) is 31.5 Å². The third-order valence-electron chi connectivity index (χ3n) is 5.29. The van der Waals surface area contributed by atoms with E-state index in [2.05, 4.69) is 37.4 Å². The number of hydrogen-bond donors (Lipinski definition) is 2. The van der Waals surface area contributed by atoms with Crippen molar-refractivity contribution < 1.29 is 19.4 Å². The summed E-state index contributed by atoms with van der Waals surface area (Å²) in [6.45, 7) is 5.32. The molecule has 27 heavy (non-hydrogen) atoms. The van der Waals surface area contributed by atoms with Crippen molar-refractivity contribution in [1.29, 1.82) is 0 Å². The Labute approximate surface area is 160 Å². The molecule has 1 aliphatic rings. The number of rotatable bonds is 6. The Bertz CT molecular complexity index is 798. The van der Waals surface area contributed by atoms with Crippen molar-refractivity contribution in [3.8, 4) is 16.9 Å². The molecule has 0 bridgehead atoms. The highest BCUT2D eigenvalue weighted by Gasteiger charge is 2.37. The zero-order chi connectivity index (χ0) is 19.4. The van der Waals surface area contributed by atoms with Crippen molar-refractivity contribution in [2.75, 3.05) is 20.3 Å². The Hall–Kier alpha value is -2.53. The molecule has 2 N–H and O–H groups in total. The zero-order valence-electron chi connectivity index (χ0n) is 16.1. The average molecular weight is 369 g/mol. The van der Waals surface area contributed by atoms with Crippen molar-refractivity contribution in [3.63, 3.8) is 0 Å². The van der Waals surface area contributed by atoms with Crippen LogP contribution in [0.4, 0.5) is 4.79 Å². The molecule has 0 heterocycles. The van der Waals surface area contributed by atoms with Crippen LogP contribution in [0, 0.1) is 5.41 Å². The van der Waals surface area contributed by atoms with Crippen LogP contribution in [0.15, 0.2) is 42.5 Å². The quantitative estimate of drug-likeness (QED) is 0.727. The standard InChI is InChI=1S/C22H27NO4/c1-22(2)11-10-16-4-5-17(14-19(16)20(22)23-21(24)25)15-6-8-18(9-7-15)27-13-12-26-3/h4-9,14,20,23H,10-13H2,1-3H3,(H,24,25)/t20-/m1/s1. The second kappa shape index (κ2) is 8.01. The summed E-state index contributed by atoms with van der Waals surface area (Å²) in [5, 5.41) is 12.0. The zero-order valence-corrected chi connectivity index (χ0v) is 16.1. The normalized spacial score (nSPS) is 17.8. The van der Waals surface area contributed by atoms with Crippen LogP contribution in [0.2, 0.25) is 0 Å². The van der Waals surface area contributed by atoms with Gasteiger partial charge < -0.3 is 19.9 Å². The Kier molecular flexibility index (Phi) is 5.71. The van der Waals surface area contributed by atoms with Gasteiger partial charge in [-0.1, -0.05) is 38.1 Å². The molecular formula is C22H27NO4. The van der Waals surface area contributed by atoms with Crippen LogP contribution in [0.3, 0.4) is 0 Å². The first-order chi connectivity index (χ1) is 12.9. The van der Waals surface area contributed by atoms with Gasteiger partial charge in [0.25, 0.3) is 0 Å². The lowest BCUT2D eigenvalue weighted by Crippen LogP contribution is -2.40. The van der Waals surface area contributed by atoms with Gasteiger partial charge in [0.1, 0.15) is 12.4 Å². The van der Waals surface area contributed by atoms with Gasteiger partial charge in [-0.2, -0.15) is 0 Å². The number of nitrogens with one attached hydrogen (secondary N) is 1. The fourth-order valence-corrected chi connectivity index (χ4v) is 3.68. The summed E-state index contributed by atoms with van der Waals surface area (Å²) in [6.07, 6.45) is 0.939. The molecule has 144 valence electrons. The SMILES string of the molecule is COCCOc1ccc(-c2ccc3c(c2)[C@@H](NC(=O)O)C(C)(C)CC3)cc1. The van der Waals surface area contributed by atoms with E-state index in [9.17, 15) is 9.90 Å². The first kappa shape index (κ1) is 19.2. The molecule has 0 fully saturated rings. The lowest BCUT2D eigenvalue weighted by molar-refractivity contribution is 0.146. The van der Waals surface area contributed by atoms with Crippen molar-refractivity contribution in [3.05, 3.63) is 53.6 Å². The highest BCUT2D eigenvalue weighted by atomic mass is 16.5. The monoisotopic (exact) mass is 369 g/mol. The van der Waals surface area contributed by atoms with E-state index in [1.165, 1.54) is 5.56 Å². The number of aryl methyl sites for hydroxylation is 1. The van der Waals surface area contributed by atoms with E-state index in [0.717, 1.165) is 35.3 Å². The Balaban J connectivity index is 1.87. The molecule has 5 nitrogen and oxygen atoms in total. The van der Waals surface area contributed by atoms with E-state index < -0.39 is 6.09 Å². The Morgan fingerprint density at radius 2 is 1.85 bits per heavy atom. The number of amides is 1. The minimum absolute atomic E-state index is 0.122. The molecule has 5 heteroatoms. The van der Waals surface area contributed by atoms with Gasteiger partial charge in [0.15, 0.2) is 0 Å². The predicted molar refractivity (Wildman–Crippen MR) is 105 cm³/mol. The van der Waals surface area contributed by atoms with E-state index in [4.69, 9.17) is 9.47 Å². The summed E-state index contributed by atoms with van der Waals surface area (Å²) in [5.74, 6) is 0.806. The molecule has 0 radical (unpaired) electrons. The van der Waals surface area contributed by atoms with Crippen LogP contribution >= 0.6 is 0 Å². The first-order valence-electron chi connectivity index (χ1n) is 9.25.